The predicted molar refractivity (Wildman–Crippen MR) is 55.2 cm³/mol. The van der Waals surface area contributed by atoms with Crippen LogP contribution >= 0.6 is 11.8 Å². The zero-order valence-electron chi connectivity index (χ0n) is 8.31. The number of thioether (sulfide) groups is 1. The Morgan fingerprint density at radius 3 is 2.71 bits per heavy atom. The molecule has 4 nitrogen and oxygen atoms in total. The Morgan fingerprint density at radius 2 is 2.18 bits per heavy atom. The van der Waals surface area contributed by atoms with Crippen LogP contribution in [0.25, 0.3) is 0 Å². The highest BCUT2D eigenvalue weighted by Gasteiger charge is 2.35. The number of aromatic nitrogens is 1. The van der Waals surface area contributed by atoms with Crippen LogP contribution in [0.4, 0.5) is 18.9 Å². The molecule has 8 heteroatoms. The number of anilines is 1. The summed E-state index contributed by atoms with van der Waals surface area (Å²) in [6, 6.07) is 0.837. The lowest BCUT2D eigenvalue weighted by Crippen LogP contribution is -2.29. The van der Waals surface area contributed by atoms with E-state index in [2.05, 4.69) is 4.98 Å². The molecule has 1 atom stereocenters. The molecule has 1 aromatic rings. The van der Waals surface area contributed by atoms with Crippen molar-refractivity contribution in [1.29, 1.82) is 0 Å². The van der Waals surface area contributed by atoms with Gasteiger partial charge in [-0.2, -0.15) is 13.2 Å². The van der Waals surface area contributed by atoms with Crippen LogP contribution in [0.5, 0.6) is 0 Å². The Kier molecular flexibility index (Phi) is 3.00. The van der Waals surface area contributed by atoms with Crippen molar-refractivity contribution in [3.63, 3.8) is 0 Å². The van der Waals surface area contributed by atoms with Gasteiger partial charge >= 0.3 is 6.18 Å². The van der Waals surface area contributed by atoms with Crippen molar-refractivity contribution in [3.8, 4) is 0 Å². The van der Waals surface area contributed by atoms with Gasteiger partial charge in [0.15, 0.2) is 5.44 Å². The number of aliphatic hydroxyl groups excluding tert-OH is 1. The molecule has 0 spiro atoms. The maximum absolute atomic E-state index is 12.4. The zero-order valence-corrected chi connectivity index (χ0v) is 9.13. The van der Waals surface area contributed by atoms with E-state index in [0.29, 0.717) is 6.20 Å². The van der Waals surface area contributed by atoms with Crippen LogP contribution in [0.15, 0.2) is 18.5 Å². The van der Waals surface area contributed by atoms with Crippen LogP contribution in [0.3, 0.4) is 0 Å². The molecular formula is C9H7F3N2O2S. The Labute approximate surface area is 98.4 Å². The normalized spacial score (nSPS) is 21.1. The molecule has 0 aliphatic carbocycles. The number of rotatable bonds is 1. The molecular weight excluding hydrogens is 257 g/mol. The molecule has 1 fully saturated rings. The third-order valence-electron chi connectivity index (χ3n) is 2.20. The minimum absolute atomic E-state index is 0.0360. The number of hydrogen-bond acceptors (Lipinski definition) is 4. The van der Waals surface area contributed by atoms with E-state index in [1.807, 2.05) is 0 Å². The lowest BCUT2D eigenvalue weighted by atomic mass is 10.2. The molecule has 0 saturated carbocycles. The summed E-state index contributed by atoms with van der Waals surface area (Å²) in [7, 11) is 0. The van der Waals surface area contributed by atoms with Crippen molar-refractivity contribution < 1.29 is 23.1 Å². The smallest absolute Gasteiger partial charge is 0.373 e. The first-order valence-electron chi connectivity index (χ1n) is 4.53. The van der Waals surface area contributed by atoms with Gasteiger partial charge in [0, 0.05) is 6.20 Å². The van der Waals surface area contributed by atoms with Crippen molar-refractivity contribution in [2.45, 2.75) is 11.6 Å². The second-order valence-electron chi connectivity index (χ2n) is 3.34. The van der Waals surface area contributed by atoms with Crippen LogP contribution in [0, 0.1) is 0 Å². The molecule has 2 rings (SSSR count). The fourth-order valence-electron chi connectivity index (χ4n) is 1.35. The minimum Gasteiger partial charge on any atom is -0.373 e. The van der Waals surface area contributed by atoms with Gasteiger partial charge in [0.1, 0.15) is 0 Å². The fraction of sp³-hybridized carbons (Fsp3) is 0.333. The zero-order chi connectivity index (χ0) is 12.6. The Hall–Kier alpha value is -1.28. The van der Waals surface area contributed by atoms with Gasteiger partial charge in [-0.3, -0.25) is 14.7 Å². The third kappa shape index (κ3) is 2.37. The molecule has 0 aromatic carbocycles. The molecule has 0 bridgehead atoms. The highest BCUT2D eigenvalue weighted by atomic mass is 32.2. The van der Waals surface area contributed by atoms with Crippen molar-refractivity contribution in [2.24, 2.45) is 0 Å². The molecule has 17 heavy (non-hydrogen) atoms. The van der Waals surface area contributed by atoms with E-state index >= 15 is 0 Å². The number of pyridine rings is 1. The number of amides is 1. The number of aliphatic hydroxyl groups is 1. The standard InChI is InChI=1S/C9H7F3N2O2S/c10-9(11,12)5-1-6(3-13-2-5)14-4-17-8(16)7(14)15/h1-3,8,16H,4H2. The fourth-order valence-corrected chi connectivity index (χ4v) is 2.18. The van der Waals surface area contributed by atoms with E-state index in [0.717, 1.165) is 28.9 Å². The van der Waals surface area contributed by atoms with Crippen molar-refractivity contribution in [3.05, 3.63) is 24.0 Å². The largest absolute Gasteiger partial charge is 0.417 e. The summed E-state index contributed by atoms with van der Waals surface area (Å²) in [5, 5.41) is 9.19. The van der Waals surface area contributed by atoms with Gasteiger partial charge in [-0.1, -0.05) is 11.8 Å². The number of halogens is 3. The summed E-state index contributed by atoms with van der Waals surface area (Å²) in [5.41, 5.74) is -2.10. The van der Waals surface area contributed by atoms with Gasteiger partial charge in [0.2, 0.25) is 0 Å². The van der Waals surface area contributed by atoms with Crippen molar-refractivity contribution >= 4 is 23.4 Å². The van der Waals surface area contributed by atoms with E-state index < -0.39 is 23.1 Å². The maximum Gasteiger partial charge on any atom is 0.417 e. The molecule has 1 aliphatic rings. The number of hydrogen-bond donors (Lipinski definition) is 1. The number of alkyl halides is 3. The first kappa shape index (κ1) is 12.2. The van der Waals surface area contributed by atoms with Crippen molar-refractivity contribution in [1.82, 2.24) is 4.98 Å². The summed E-state index contributed by atoms with van der Waals surface area (Å²) < 4.78 is 37.3. The van der Waals surface area contributed by atoms with Crippen LogP contribution in [0.1, 0.15) is 5.56 Å². The Bertz CT molecular complexity index is 452. The van der Waals surface area contributed by atoms with E-state index in [1.54, 1.807) is 0 Å². The van der Waals surface area contributed by atoms with Gasteiger partial charge in [0.05, 0.1) is 23.3 Å². The van der Waals surface area contributed by atoms with E-state index in [4.69, 9.17) is 0 Å². The Morgan fingerprint density at radius 1 is 1.47 bits per heavy atom. The summed E-state index contributed by atoms with van der Waals surface area (Å²) in [4.78, 5) is 15.9. The molecule has 1 unspecified atom stereocenters. The predicted octanol–water partition coefficient (Wildman–Crippen LogP) is 1.46. The molecule has 2 heterocycles. The molecule has 0 radical (unpaired) electrons. The first-order chi connectivity index (χ1) is 7.89. The SMILES string of the molecule is O=C1C(O)SCN1c1cncc(C(F)(F)F)c1. The quantitative estimate of drug-likeness (QED) is 0.834. The summed E-state index contributed by atoms with van der Waals surface area (Å²) in [6.45, 7) is 0. The molecule has 1 aromatic heterocycles. The van der Waals surface area contributed by atoms with Gasteiger partial charge < -0.3 is 5.11 Å². The maximum atomic E-state index is 12.4. The number of carbonyl (C=O) groups excluding carboxylic acids is 1. The topological polar surface area (TPSA) is 53.4 Å². The summed E-state index contributed by atoms with van der Waals surface area (Å²) in [6.07, 6.45) is -2.66. The second-order valence-corrected chi connectivity index (χ2v) is 4.38. The van der Waals surface area contributed by atoms with E-state index in [1.165, 1.54) is 0 Å². The lowest BCUT2D eigenvalue weighted by Gasteiger charge is -2.16. The minimum atomic E-state index is -4.50. The number of carbonyl (C=O) groups is 1. The molecule has 1 amide bonds. The molecule has 1 saturated heterocycles. The third-order valence-corrected chi connectivity index (χ3v) is 3.13. The van der Waals surface area contributed by atoms with Gasteiger partial charge in [-0.05, 0) is 6.07 Å². The average Bonchev–Trinajstić information content (AvgIpc) is 2.59. The van der Waals surface area contributed by atoms with Gasteiger partial charge in [-0.15, -0.1) is 0 Å². The lowest BCUT2D eigenvalue weighted by molar-refractivity contribution is -0.137. The second kappa shape index (κ2) is 4.19. The van der Waals surface area contributed by atoms with Crippen LogP contribution in [-0.4, -0.2) is 27.3 Å². The Balaban J connectivity index is 2.31. The van der Waals surface area contributed by atoms with Crippen LogP contribution in [0.2, 0.25) is 0 Å². The van der Waals surface area contributed by atoms with Gasteiger partial charge in [0.25, 0.3) is 5.91 Å². The highest BCUT2D eigenvalue weighted by Crippen LogP contribution is 2.33. The first-order valence-corrected chi connectivity index (χ1v) is 5.58. The summed E-state index contributed by atoms with van der Waals surface area (Å²) >= 11 is 0.945. The monoisotopic (exact) mass is 264 g/mol. The van der Waals surface area contributed by atoms with E-state index in [9.17, 15) is 23.1 Å². The molecule has 1 aliphatic heterocycles. The van der Waals surface area contributed by atoms with Crippen LogP contribution < -0.4 is 4.90 Å². The summed E-state index contributed by atoms with van der Waals surface area (Å²) in [5.74, 6) is -0.515. The average molecular weight is 264 g/mol. The highest BCUT2D eigenvalue weighted by molar-refractivity contribution is 8.01. The molecule has 1 N–H and O–H groups in total. The van der Waals surface area contributed by atoms with Gasteiger partial charge in [-0.25, -0.2) is 0 Å². The number of nitrogens with zero attached hydrogens (tertiary/aromatic N) is 2. The van der Waals surface area contributed by atoms with Crippen molar-refractivity contribution in [2.75, 3.05) is 10.8 Å². The van der Waals surface area contributed by atoms with Crippen LogP contribution in [-0.2, 0) is 11.0 Å². The van der Waals surface area contributed by atoms with E-state index in [-0.39, 0.29) is 11.6 Å². The molecule has 92 valence electrons.